The van der Waals surface area contributed by atoms with E-state index in [0.717, 1.165) is 0 Å². The Labute approximate surface area is 223 Å². The highest BCUT2D eigenvalue weighted by atomic mass is 34.1. The zero-order chi connectivity index (χ0) is 17.9. The fourth-order valence-corrected chi connectivity index (χ4v) is 51.5. The Morgan fingerprint density at radius 1 is 0.583 bits per heavy atom. The molecule has 0 N–H and O–H groups in total. The van der Waals surface area contributed by atoms with Crippen LogP contribution < -0.4 is 0 Å². The van der Waals surface area contributed by atoms with Crippen molar-refractivity contribution in [3.63, 3.8) is 0 Å². The summed E-state index contributed by atoms with van der Waals surface area (Å²) < 4.78 is 5.06. The molecule has 0 aromatic heterocycles. The van der Waals surface area contributed by atoms with E-state index >= 15 is 0 Å². The van der Waals surface area contributed by atoms with E-state index in [1.807, 2.05) is 0 Å². The third-order valence-corrected chi connectivity index (χ3v) is 45.6. The van der Waals surface area contributed by atoms with Crippen molar-refractivity contribution in [2.75, 3.05) is 7.11 Å². The molecule has 0 aromatic rings. The monoisotopic (exact) mass is 735 g/mol. The zero-order valence-corrected chi connectivity index (χ0v) is 28.5. The van der Waals surface area contributed by atoms with Gasteiger partial charge in [-0.1, -0.05) is 11.7 Å². The Balaban J connectivity index is 3.08. The lowest BCUT2D eigenvalue weighted by Gasteiger charge is -2.03. The molecule has 0 saturated heterocycles. The van der Waals surface area contributed by atoms with Crippen LogP contribution in [0.4, 0.5) is 0 Å². The average Bonchev–Trinajstić information content (AvgIpc) is 2.57. The average molecular weight is 738 g/mol. The molecule has 0 aliphatic heterocycles. The van der Waals surface area contributed by atoms with E-state index in [4.69, 9.17) is 26.6 Å². The van der Waals surface area contributed by atoms with Gasteiger partial charge in [0.05, 0.1) is 13.6 Å². The van der Waals surface area contributed by atoms with Crippen LogP contribution in [0.25, 0.3) is 0 Å². The van der Waals surface area contributed by atoms with Crippen molar-refractivity contribution < 1.29 is 4.18 Å². The van der Waals surface area contributed by atoms with Crippen LogP contribution in [0.1, 0.15) is 0 Å². The standard InChI is InChI=1S/CH4OS22/c1-2-24(4,5)23-22-21-20-19-18-17-16-15-14-13-12-11-10-9-8-7-6-3/h3H,1H3. The zero-order valence-electron chi connectivity index (χ0n) is 10.4. The maximum atomic E-state index is 5.11. The van der Waals surface area contributed by atoms with Crippen molar-refractivity contribution in [2.45, 2.75) is 0 Å². The van der Waals surface area contributed by atoms with Crippen molar-refractivity contribution in [1.82, 2.24) is 0 Å². The molecule has 0 aliphatic rings. The van der Waals surface area contributed by atoms with E-state index < -0.39 is 6.46 Å². The van der Waals surface area contributed by atoms with Crippen molar-refractivity contribution in [1.29, 1.82) is 0 Å². The molecule has 0 heterocycles. The lowest BCUT2D eigenvalue weighted by Crippen LogP contribution is -1.87. The Morgan fingerprint density at radius 2 is 0.875 bits per heavy atom. The molecule has 0 spiro atoms. The van der Waals surface area contributed by atoms with Crippen LogP contribution >= 0.6 is 189 Å². The first-order valence-electron chi connectivity index (χ1n) is 4.09. The van der Waals surface area contributed by atoms with Crippen molar-refractivity contribution in [3.05, 3.63) is 0 Å². The smallest absolute Gasteiger partial charge is 0.0817 e. The van der Waals surface area contributed by atoms with Gasteiger partial charge in [-0.2, -0.15) is 0 Å². The SMILES string of the molecule is COS(=S)(=S)SSSSSSSSSSSSSSSSSSS. The van der Waals surface area contributed by atoms with E-state index in [0.29, 0.717) is 0 Å². The largest absolute Gasteiger partial charge is 0.305 e. The van der Waals surface area contributed by atoms with Gasteiger partial charge in [-0.3, -0.25) is 0 Å². The maximum absolute atomic E-state index is 5.11. The van der Waals surface area contributed by atoms with Crippen molar-refractivity contribution >= 4 is 217 Å². The highest BCUT2D eigenvalue weighted by molar-refractivity contribution is 9.58. The number of thiol groups is 1. The van der Waals surface area contributed by atoms with Gasteiger partial charge in [0, 0.05) is 98.3 Å². The lowest BCUT2D eigenvalue weighted by molar-refractivity contribution is 0.491. The second kappa shape index (κ2) is 25.0. The Kier molecular flexibility index (Phi) is 32.7. The highest BCUT2D eigenvalue weighted by Crippen LogP contribution is 2.64. The summed E-state index contributed by atoms with van der Waals surface area (Å²) in [6, 6.07) is 0. The minimum absolute atomic E-state index is 1.46. The summed E-state index contributed by atoms with van der Waals surface area (Å²) in [4.78, 5) is 0. The summed E-state index contributed by atoms with van der Waals surface area (Å²) in [5.74, 6) is 0. The number of hydrogen-bond acceptors (Lipinski definition) is 22. The van der Waals surface area contributed by atoms with Gasteiger partial charge >= 0.3 is 0 Å². The molecule has 0 amide bonds. The predicted octanol–water partition coefficient (Wildman–Crippen LogP) is 12.1. The van der Waals surface area contributed by atoms with Crippen LogP contribution in [0.3, 0.4) is 0 Å². The van der Waals surface area contributed by atoms with Crippen LogP contribution in [0.5, 0.6) is 0 Å². The lowest BCUT2D eigenvalue weighted by atomic mass is 11.8. The minimum atomic E-state index is -1.77. The molecule has 0 rings (SSSR count). The summed E-state index contributed by atoms with van der Waals surface area (Å²) in [5.41, 5.74) is 0. The number of hydrogen-bond donors (Lipinski definition) is 1. The molecule has 23 heteroatoms. The second-order valence-electron chi connectivity index (χ2n) is 1.81. The van der Waals surface area contributed by atoms with E-state index in [1.165, 1.54) is 19.7 Å². The molecule has 146 valence electrons. The molecule has 1 nitrogen and oxygen atoms in total. The molecule has 0 fully saturated rings. The van der Waals surface area contributed by atoms with Crippen LogP contribution in [0.15, 0.2) is 0 Å². The topological polar surface area (TPSA) is 9.23 Å². The fourth-order valence-electron chi connectivity index (χ4n) is 0.244. The first-order chi connectivity index (χ1) is 11.6. The Hall–Kier alpha value is 7.40. The third-order valence-electron chi connectivity index (χ3n) is 0.762. The fraction of sp³-hybridized carbons (Fsp3) is 1.00. The van der Waals surface area contributed by atoms with E-state index in [1.54, 1.807) is 164 Å². The summed E-state index contributed by atoms with van der Waals surface area (Å²) in [6.45, 7) is -1.77. The minimum Gasteiger partial charge on any atom is -0.305 e. The van der Waals surface area contributed by atoms with Gasteiger partial charge in [-0.15, -0.1) is 0 Å². The van der Waals surface area contributed by atoms with Gasteiger partial charge in [-0.05, 0) is 101 Å². The Morgan fingerprint density at radius 3 is 1.17 bits per heavy atom. The van der Waals surface area contributed by atoms with Crippen LogP contribution in [0, 0.1) is 0 Å². The summed E-state index contributed by atoms with van der Waals surface area (Å²) in [5, 5.41) is 0. The van der Waals surface area contributed by atoms with E-state index in [2.05, 4.69) is 11.7 Å². The molecule has 0 radical (unpaired) electrons. The van der Waals surface area contributed by atoms with Gasteiger partial charge in [0.2, 0.25) is 0 Å². The van der Waals surface area contributed by atoms with Gasteiger partial charge in [-0.25, -0.2) is 0 Å². The maximum Gasteiger partial charge on any atom is 0.0817 e. The molecular weight excluding hydrogens is 733 g/mol. The van der Waals surface area contributed by atoms with Gasteiger partial charge in [0.15, 0.2) is 0 Å². The predicted molar refractivity (Wildman–Crippen MR) is 175 cm³/mol. The van der Waals surface area contributed by atoms with Crippen molar-refractivity contribution in [2.24, 2.45) is 0 Å². The quantitative estimate of drug-likeness (QED) is 0.0765. The Bertz CT molecular complexity index is 332. The summed E-state index contributed by atoms with van der Waals surface area (Å²) in [6.07, 6.45) is 0. The van der Waals surface area contributed by atoms with Crippen LogP contribution in [0.2, 0.25) is 0 Å². The van der Waals surface area contributed by atoms with Gasteiger partial charge in [0.25, 0.3) is 0 Å². The summed E-state index contributed by atoms with van der Waals surface area (Å²) >= 11 is 14.3. The molecule has 0 aliphatic carbocycles. The van der Waals surface area contributed by atoms with Crippen molar-refractivity contribution in [3.8, 4) is 0 Å². The molecule has 0 saturated carbocycles. The first kappa shape index (κ1) is 31.4. The number of rotatable bonds is 19. The molecule has 0 aromatic carbocycles. The second-order valence-corrected chi connectivity index (χ2v) is 41.1. The normalized spacial score (nSPS) is 11.9. The molecule has 0 bridgehead atoms. The highest BCUT2D eigenvalue weighted by Gasteiger charge is 2.03. The van der Waals surface area contributed by atoms with Gasteiger partial charge < -0.3 is 4.18 Å². The summed E-state index contributed by atoms with van der Waals surface area (Å²) in [7, 11) is 32.4. The third kappa shape index (κ3) is 25.7. The van der Waals surface area contributed by atoms with E-state index in [9.17, 15) is 0 Å². The van der Waals surface area contributed by atoms with E-state index in [-0.39, 0.29) is 0 Å². The van der Waals surface area contributed by atoms with Crippen LogP contribution in [-0.4, -0.2) is 7.11 Å². The molecule has 0 unspecified atom stereocenters. The van der Waals surface area contributed by atoms with Crippen LogP contribution in [-0.2, 0) is 33.0 Å². The van der Waals surface area contributed by atoms with Gasteiger partial charge in [0.1, 0.15) is 0 Å². The first-order valence-corrected chi connectivity index (χ1v) is 32.6. The molecular formula is CH4OS22. The molecule has 24 heavy (non-hydrogen) atoms. The molecule has 0 atom stereocenters.